The van der Waals surface area contributed by atoms with Gasteiger partial charge in [0.15, 0.2) is 5.11 Å². The summed E-state index contributed by atoms with van der Waals surface area (Å²) in [7, 11) is -3.60. The van der Waals surface area contributed by atoms with Crippen LogP contribution in [0.25, 0.3) is 0 Å². The molecule has 0 aliphatic carbocycles. The molecule has 2 rings (SSSR count). The topological polar surface area (TPSA) is 90.5 Å². The summed E-state index contributed by atoms with van der Waals surface area (Å²) in [6, 6.07) is 6.73. The van der Waals surface area contributed by atoms with Crippen LogP contribution in [0.15, 0.2) is 41.8 Å². The molecule has 1 atom stereocenters. The summed E-state index contributed by atoms with van der Waals surface area (Å²) < 4.78 is 27.0. The Balaban J connectivity index is 1.97. The molecule has 0 bridgehead atoms. The average molecular weight is 397 g/mol. The lowest BCUT2D eigenvalue weighted by Gasteiger charge is -2.31. The Bertz CT molecular complexity index is 763. The van der Waals surface area contributed by atoms with Crippen molar-refractivity contribution in [1.82, 2.24) is 20.5 Å². The molecule has 142 valence electrons. The third-order valence-electron chi connectivity index (χ3n) is 4.12. The number of piperidine rings is 1. The van der Waals surface area contributed by atoms with E-state index in [2.05, 4.69) is 22.7 Å². The number of nitrogens with zero attached hydrogens (tertiary/aromatic N) is 1. The first-order valence-corrected chi connectivity index (χ1v) is 10.2. The molecule has 1 aromatic carbocycles. The second-order valence-corrected chi connectivity index (χ2v) is 8.47. The van der Waals surface area contributed by atoms with Gasteiger partial charge in [-0.3, -0.25) is 15.6 Å². The van der Waals surface area contributed by atoms with Gasteiger partial charge in [-0.15, -0.1) is 6.58 Å². The highest BCUT2D eigenvalue weighted by atomic mass is 32.2. The van der Waals surface area contributed by atoms with Gasteiger partial charge in [-0.05, 0) is 44.1 Å². The second kappa shape index (κ2) is 9.11. The molecule has 1 heterocycles. The fourth-order valence-electron chi connectivity index (χ4n) is 2.66. The predicted molar refractivity (Wildman–Crippen MR) is 105 cm³/mol. The van der Waals surface area contributed by atoms with E-state index in [1.807, 2.05) is 6.92 Å². The fourth-order valence-corrected chi connectivity index (χ4v) is 4.32. The van der Waals surface area contributed by atoms with Crippen LogP contribution in [0.3, 0.4) is 0 Å². The third-order valence-corrected chi connectivity index (χ3v) is 6.25. The van der Waals surface area contributed by atoms with E-state index in [-0.39, 0.29) is 22.5 Å². The lowest BCUT2D eigenvalue weighted by Crippen LogP contribution is -2.52. The molecule has 3 N–H and O–H groups in total. The molecule has 1 aliphatic heterocycles. The van der Waals surface area contributed by atoms with Gasteiger partial charge in [0.2, 0.25) is 15.9 Å². The van der Waals surface area contributed by atoms with Crippen molar-refractivity contribution in [2.45, 2.75) is 24.7 Å². The molecule has 1 saturated heterocycles. The Morgan fingerprint density at radius 3 is 2.69 bits per heavy atom. The van der Waals surface area contributed by atoms with E-state index in [1.54, 1.807) is 30.3 Å². The molecule has 9 heteroatoms. The first-order chi connectivity index (χ1) is 12.3. The van der Waals surface area contributed by atoms with E-state index >= 15 is 0 Å². The summed E-state index contributed by atoms with van der Waals surface area (Å²) in [6.45, 7) is 6.50. The molecule has 1 amide bonds. The maximum absolute atomic E-state index is 12.8. The molecule has 0 spiro atoms. The minimum absolute atomic E-state index is 0.149. The molecular weight excluding hydrogens is 372 g/mol. The number of hydrazine groups is 1. The molecule has 0 radical (unpaired) electrons. The normalized spacial score (nSPS) is 18.0. The molecule has 0 saturated carbocycles. The van der Waals surface area contributed by atoms with Crippen LogP contribution in [0, 0.1) is 12.8 Å². The van der Waals surface area contributed by atoms with Crippen LogP contribution in [0.4, 0.5) is 0 Å². The van der Waals surface area contributed by atoms with E-state index in [0.717, 1.165) is 5.56 Å². The molecule has 0 unspecified atom stereocenters. The van der Waals surface area contributed by atoms with Gasteiger partial charge in [-0.25, -0.2) is 8.42 Å². The predicted octanol–water partition coefficient (Wildman–Crippen LogP) is 1.08. The molecule has 1 fully saturated rings. The van der Waals surface area contributed by atoms with Crippen molar-refractivity contribution in [2.24, 2.45) is 5.92 Å². The average Bonchev–Trinajstić information content (AvgIpc) is 2.64. The number of thiocarbonyl (C=S) groups is 1. The minimum Gasteiger partial charge on any atom is -0.358 e. The molecular formula is C17H24N4O3S2. The van der Waals surface area contributed by atoms with Gasteiger partial charge in [-0.1, -0.05) is 23.8 Å². The SMILES string of the molecule is C=CCNC(=S)NNC(=O)[C@@H]1CCCN(S(=O)(=O)c2ccc(C)cc2)C1. The van der Waals surface area contributed by atoms with Crippen LogP contribution >= 0.6 is 12.2 Å². The summed E-state index contributed by atoms with van der Waals surface area (Å²) in [5.74, 6) is -0.713. The number of amides is 1. The van der Waals surface area contributed by atoms with Crippen molar-refractivity contribution >= 4 is 33.3 Å². The van der Waals surface area contributed by atoms with Gasteiger partial charge >= 0.3 is 0 Å². The van der Waals surface area contributed by atoms with E-state index in [1.165, 1.54) is 4.31 Å². The Hall–Kier alpha value is -1.97. The Labute approximate surface area is 159 Å². The number of rotatable bonds is 5. The Morgan fingerprint density at radius 2 is 2.04 bits per heavy atom. The summed E-state index contributed by atoms with van der Waals surface area (Å²) in [5.41, 5.74) is 6.14. The highest BCUT2D eigenvalue weighted by Crippen LogP contribution is 2.24. The summed E-state index contributed by atoms with van der Waals surface area (Å²) in [5, 5.41) is 3.11. The number of aryl methyl sites for hydroxylation is 1. The molecule has 26 heavy (non-hydrogen) atoms. The minimum atomic E-state index is -3.60. The second-order valence-electron chi connectivity index (χ2n) is 6.13. The molecule has 7 nitrogen and oxygen atoms in total. The third kappa shape index (κ3) is 5.26. The van der Waals surface area contributed by atoms with E-state index in [0.29, 0.717) is 25.9 Å². The summed E-state index contributed by atoms with van der Waals surface area (Å²) >= 11 is 5.01. The zero-order chi connectivity index (χ0) is 19.2. The molecule has 1 aliphatic rings. The monoisotopic (exact) mass is 396 g/mol. The van der Waals surface area contributed by atoms with E-state index in [4.69, 9.17) is 12.2 Å². The summed E-state index contributed by atoms with van der Waals surface area (Å²) in [4.78, 5) is 12.6. The Kier molecular flexibility index (Phi) is 7.13. The highest BCUT2D eigenvalue weighted by Gasteiger charge is 2.33. The number of hydrogen-bond donors (Lipinski definition) is 3. The number of nitrogens with one attached hydrogen (secondary N) is 3. The van der Waals surface area contributed by atoms with Crippen LogP contribution in [-0.2, 0) is 14.8 Å². The first-order valence-electron chi connectivity index (χ1n) is 8.36. The van der Waals surface area contributed by atoms with Crippen molar-refractivity contribution in [3.63, 3.8) is 0 Å². The van der Waals surface area contributed by atoms with Crippen LogP contribution in [-0.4, -0.2) is 43.4 Å². The van der Waals surface area contributed by atoms with E-state index in [9.17, 15) is 13.2 Å². The largest absolute Gasteiger partial charge is 0.358 e. The van der Waals surface area contributed by atoms with Crippen molar-refractivity contribution < 1.29 is 13.2 Å². The van der Waals surface area contributed by atoms with Crippen LogP contribution in [0.5, 0.6) is 0 Å². The van der Waals surface area contributed by atoms with Crippen molar-refractivity contribution in [3.8, 4) is 0 Å². The van der Waals surface area contributed by atoms with Crippen LogP contribution < -0.4 is 16.2 Å². The lowest BCUT2D eigenvalue weighted by atomic mass is 9.99. The Morgan fingerprint density at radius 1 is 1.35 bits per heavy atom. The number of carbonyl (C=O) groups is 1. The number of hydrogen-bond acceptors (Lipinski definition) is 4. The molecule has 1 aromatic rings. The van der Waals surface area contributed by atoms with Gasteiger partial charge < -0.3 is 5.32 Å². The quantitative estimate of drug-likeness (QED) is 0.392. The fraction of sp³-hybridized carbons (Fsp3) is 0.412. The first kappa shape index (κ1) is 20.3. The lowest BCUT2D eigenvalue weighted by molar-refractivity contribution is -0.126. The van der Waals surface area contributed by atoms with Gasteiger partial charge in [0.05, 0.1) is 10.8 Å². The van der Waals surface area contributed by atoms with Gasteiger partial charge in [-0.2, -0.15) is 4.31 Å². The standard InChI is InChI=1S/C17H24N4O3S2/c1-3-10-18-17(25)20-19-16(22)14-5-4-11-21(12-14)26(23,24)15-8-6-13(2)7-9-15/h3,6-9,14H,1,4-5,10-12H2,2H3,(H,19,22)(H2,18,20,25)/t14-/m1/s1. The highest BCUT2D eigenvalue weighted by molar-refractivity contribution is 7.89. The summed E-state index contributed by atoms with van der Waals surface area (Å²) in [6.07, 6.45) is 2.90. The number of carbonyl (C=O) groups excluding carboxylic acids is 1. The number of benzene rings is 1. The maximum atomic E-state index is 12.8. The number of sulfonamides is 1. The molecule has 0 aromatic heterocycles. The van der Waals surface area contributed by atoms with E-state index < -0.39 is 15.9 Å². The van der Waals surface area contributed by atoms with Gasteiger partial charge in [0.25, 0.3) is 0 Å². The van der Waals surface area contributed by atoms with Gasteiger partial charge in [0, 0.05) is 19.6 Å². The van der Waals surface area contributed by atoms with Crippen LogP contribution in [0.2, 0.25) is 0 Å². The van der Waals surface area contributed by atoms with Crippen molar-refractivity contribution in [1.29, 1.82) is 0 Å². The van der Waals surface area contributed by atoms with Crippen LogP contribution in [0.1, 0.15) is 18.4 Å². The smallest absolute Gasteiger partial charge is 0.243 e. The maximum Gasteiger partial charge on any atom is 0.243 e. The zero-order valence-electron chi connectivity index (χ0n) is 14.7. The van der Waals surface area contributed by atoms with Crippen molar-refractivity contribution in [3.05, 3.63) is 42.5 Å². The van der Waals surface area contributed by atoms with Crippen molar-refractivity contribution in [2.75, 3.05) is 19.6 Å². The van der Waals surface area contributed by atoms with Gasteiger partial charge in [0.1, 0.15) is 0 Å². The zero-order valence-corrected chi connectivity index (χ0v) is 16.3.